The number of amides is 1. The Labute approximate surface area is 168 Å². The molecule has 0 spiro atoms. The van der Waals surface area contributed by atoms with Crippen LogP contribution < -0.4 is 0 Å². The van der Waals surface area contributed by atoms with Gasteiger partial charge in [-0.25, -0.2) is 8.42 Å². The molecule has 1 unspecified atom stereocenters. The molecule has 1 aromatic heterocycles. The average Bonchev–Trinajstić information content (AvgIpc) is 3.13. The van der Waals surface area contributed by atoms with Gasteiger partial charge in [-0.3, -0.25) is 4.79 Å². The van der Waals surface area contributed by atoms with E-state index < -0.39 is 9.84 Å². The summed E-state index contributed by atoms with van der Waals surface area (Å²) < 4.78 is 26.1. The smallest absolute Gasteiger partial charge is 0.255 e. The fourth-order valence-corrected chi connectivity index (χ4v) is 5.83. The topological polar surface area (TPSA) is 59.4 Å². The largest absolute Gasteiger partial charge is 0.335 e. The zero-order chi connectivity index (χ0) is 20.5. The first kappa shape index (κ1) is 20.6. The molecule has 152 valence electrons. The summed E-state index contributed by atoms with van der Waals surface area (Å²) in [6.45, 7) is 8.70. The lowest BCUT2D eigenvalue weighted by Gasteiger charge is -2.28. The van der Waals surface area contributed by atoms with Crippen molar-refractivity contribution >= 4 is 15.7 Å². The Morgan fingerprint density at radius 1 is 1.21 bits per heavy atom. The van der Waals surface area contributed by atoms with Gasteiger partial charge in [0, 0.05) is 29.7 Å². The van der Waals surface area contributed by atoms with Gasteiger partial charge in [0.25, 0.3) is 5.91 Å². The lowest BCUT2D eigenvalue weighted by molar-refractivity contribution is 0.0693. The molecule has 1 aliphatic heterocycles. The van der Waals surface area contributed by atoms with E-state index in [1.54, 1.807) is 4.90 Å². The molecule has 1 fully saturated rings. The number of nitrogens with zero attached hydrogens (tertiary/aromatic N) is 2. The minimum atomic E-state index is -3.04. The van der Waals surface area contributed by atoms with Crippen molar-refractivity contribution in [1.29, 1.82) is 0 Å². The van der Waals surface area contributed by atoms with Crippen molar-refractivity contribution in [2.24, 2.45) is 0 Å². The Hall–Kier alpha value is -2.08. The molecule has 5 nitrogen and oxygen atoms in total. The summed E-state index contributed by atoms with van der Waals surface area (Å²) in [6, 6.07) is 9.93. The Morgan fingerprint density at radius 2 is 1.96 bits per heavy atom. The van der Waals surface area contributed by atoms with Gasteiger partial charge in [-0.05, 0) is 57.4 Å². The number of carbonyl (C=O) groups is 1. The molecule has 6 heteroatoms. The summed E-state index contributed by atoms with van der Waals surface area (Å²) in [5.41, 5.74) is 4.77. The first-order valence-corrected chi connectivity index (χ1v) is 11.8. The summed E-state index contributed by atoms with van der Waals surface area (Å²) in [7, 11) is -3.04. The maximum Gasteiger partial charge on any atom is 0.255 e. The van der Waals surface area contributed by atoms with Crippen LogP contribution in [-0.4, -0.2) is 47.9 Å². The average molecular weight is 403 g/mol. The van der Waals surface area contributed by atoms with Gasteiger partial charge in [0.1, 0.15) is 0 Å². The Bertz CT molecular complexity index is 976. The maximum atomic E-state index is 13.5. The maximum absolute atomic E-state index is 13.5. The third-order valence-electron chi connectivity index (χ3n) is 5.58. The molecular weight excluding hydrogens is 372 g/mol. The van der Waals surface area contributed by atoms with E-state index in [4.69, 9.17) is 0 Å². The number of benzene rings is 1. The van der Waals surface area contributed by atoms with Crippen molar-refractivity contribution in [3.8, 4) is 5.69 Å². The second-order valence-electron chi connectivity index (χ2n) is 7.87. The van der Waals surface area contributed by atoms with Crippen LogP contribution in [0, 0.1) is 20.8 Å². The first-order chi connectivity index (χ1) is 13.2. The van der Waals surface area contributed by atoms with E-state index in [-0.39, 0.29) is 23.5 Å². The fourth-order valence-electron chi connectivity index (χ4n) is 4.10. The normalized spacial score (nSPS) is 18.4. The SMILES string of the molecule is CCCCN(C(=O)c1cc(C)n(-c2cccc(C)c2)c1C)C1CCS(=O)(=O)C1. The van der Waals surface area contributed by atoms with Gasteiger partial charge in [0.15, 0.2) is 9.84 Å². The Balaban J connectivity index is 1.96. The Morgan fingerprint density at radius 3 is 2.57 bits per heavy atom. The molecule has 0 radical (unpaired) electrons. The van der Waals surface area contributed by atoms with Gasteiger partial charge < -0.3 is 9.47 Å². The number of unbranched alkanes of at least 4 members (excludes halogenated alkanes) is 1. The minimum Gasteiger partial charge on any atom is -0.335 e. The van der Waals surface area contributed by atoms with Crippen molar-refractivity contribution in [3.63, 3.8) is 0 Å². The second kappa shape index (κ2) is 8.11. The molecule has 1 atom stereocenters. The molecular formula is C22H30N2O3S. The molecule has 1 aromatic carbocycles. The van der Waals surface area contributed by atoms with Crippen LogP contribution in [0.3, 0.4) is 0 Å². The number of sulfone groups is 1. The number of aryl methyl sites for hydroxylation is 2. The van der Waals surface area contributed by atoms with Crippen molar-refractivity contribution in [2.75, 3.05) is 18.1 Å². The van der Waals surface area contributed by atoms with Gasteiger partial charge in [0.2, 0.25) is 0 Å². The predicted octanol–water partition coefficient (Wildman–Crippen LogP) is 3.83. The molecule has 0 N–H and O–H groups in total. The summed E-state index contributed by atoms with van der Waals surface area (Å²) in [5, 5.41) is 0. The van der Waals surface area contributed by atoms with E-state index >= 15 is 0 Å². The standard InChI is InChI=1S/C22H30N2O3S/c1-5-6-11-23(20-10-12-28(26,27)15-20)22(25)21-14-17(3)24(18(21)4)19-9-7-8-16(2)13-19/h7-9,13-14,20H,5-6,10-12,15H2,1-4H3. The van der Waals surface area contributed by atoms with Gasteiger partial charge in [0.05, 0.1) is 17.1 Å². The number of hydrogen-bond donors (Lipinski definition) is 0. The van der Waals surface area contributed by atoms with Crippen LogP contribution in [0.25, 0.3) is 5.69 Å². The molecule has 0 aliphatic carbocycles. The third-order valence-corrected chi connectivity index (χ3v) is 7.33. The van der Waals surface area contributed by atoms with Crippen molar-refractivity contribution < 1.29 is 13.2 Å². The monoisotopic (exact) mass is 402 g/mol. The summed E-state index contributed by atoms with van der Waals surface area (Å²) >= 11 is 0. The highest BCUT2D eigenvalue weighted by Gasteiger charge is 2.35. The number of rotatable bonds is 6. The minimum absolute atomic E-state index is 0.0532. The highest BCUT2D eigenvalue weighted by molar-refractivity contribution is 7.91. The number of hydrogen-bond acceptors (Lipinski definition) is 3. The fraction of sp³-hybridized carbons (Fsp3) is 0.500. The molecule has 0 saturated carbocycles. The molecule has 2 heterocycles. The Kier molecular flexibility index (Phi) is 5.98. The van der Waals surface area contributed by atoms with Gasteiger partial charge >= 0.3 is 0 Å². The van der Waals surface area contributed by atoms with E-state index in [1.807, 2.05) is 32.0 Å². The number of aromatic nitrogens is 1. The third kappa shape index (κ3) is 4.17. The molecule has 1 aliphatic rings. The van der Waals surface area contributed by atoms with Crippen LogP contribution in [0.1, 0.15) is 53.5 Å². The van der Waals surface area contributed by atoms with E-state index in [0.29, 0.717) is 18.5 Å². The molecule has 1 amide bonds. The predicted molar refractivity (Wildman–Crippen MR) is 113 cm³/mol. The lowest BCUT2D eigenvalue weighted by Crippen LogP contribution is -2.42. The van der Waals surface area contributed by atoms with Crippen LogP contribution in [0.2, 0.25) is 0 Å². The zero-order valence-electron chi connectivity index (χ0n) is 17.2. The van der Waals surface area contributed by atoms with Gasteiger partial charge in [-0.15, -0.1) is 0 Å². The van der Waals surface area contributed by atoms with Gasteiger partial charge in [-0.2, -0.15) is 0 Å². The van der Waals surface area contributed by atoms with E-state index in [2.05, 4.69) is 30.5 Å². The summed E-state index contributed by atoms with van der Waals surface area (Å²) in [4.78, 5) is 15.3. The highest BCUT2D eigenvalue weighted by atomic mass is 32.2. The summed E-state index contributed by atoms with van der Waals surface area (Å²) in [5.74, 6) is 0.206. The van der Waals surface area contributed by atoms with Crippen LogP contribution in [0.4, 0.5) is 0 Å². The molecule has 1 saturated heterocycles. The van der Waals surface area contributed by atoms with E-state index in [9.17, 15) is 13.2 Å². The lowest BCUT2D eigenvalue weighted by atomic mass is 10.1. The quantitative estimate of drug-likeness (QED) is 0.738. The molecule has 3 rings (SSSR count). The van der Waals surface area contributed by atoms with Crippen LogP contribution in [-0.2, 0) is 9.84 Å². The molecule has 2 aromatic rings. The first-order valence-electron chi connectivity index (χ1n) is 10.0. The van der Waals surface area contributed by atoms with Gasteiger partial charge in [-0.1, -0.05) is 25.5 Å². The molecule has 0 bridgehead atoms. The zero-order valence-corrected chi connectivity index (χ0v) is 18.1. The van der Waals surface area contributed by atoms with Crippen LogP contribution >= 0.6 is 0 Å². The van der Waals surface area contributed by atoms with Crippen molar-refractivity contribution in [1.82, 2.24) is 9.47 Å². The summed E-state index contributed by atoms with van der Waals surface area (Å²) in [6.07, 6.45) is 2.37. The number of carbonyl (C=O) groups excluding carboxylic acids is 1. The van der Waals surface area contributed by atoms with Crippen LogP contribution in [0.15, 0.2) is 30.3 Å². The van der Waals surface area contributed by atoms with E-state index in [0.717, 1.165) is 29.9 Å². The van der Waals surface area contributed by atoms with Crippen molar-refractivity contribution in [2.45, 2.75) is 53.0 Å². The second-order valence-corrected chi connectivity index (χ2v) is 10.1. The highest BCUT2D eigenvalue weighted by Crippen LogP contribution is 2.26. The van der Waals surface area contributed by atoms with Crippen LogP contribution in [0.5, 0.6) is 0 Å². The molecule has 28 heavy (non-hydrogen) atoms. The van der Waals surface area contributed by atoms with E-state index in [1.165, 1.54) is 5.56 Å². The van der Waals surface area contributed by atoms with Crippen molar-refractivity contribution in [3.05, 3.63) is 52.8 Å².